The van der Waals surface area contributed by atoms with Crippen LogP contribution in [0.5, 0.6) is 0 Å². The Morgan fingerprint density at radius 3 is 2.40 bits per heavy atom. The van der Waals surface area contributed by atoms with E-state index in [9.17, 15) is 41.4 Å². The van der Waals surface area contributed by atoms with Crippen molar-refractivity contribution in [2.75, 3.05) is 5.32 Å². The van der Waals surface area contributed by atoms with Gasteiger partial charge in [-0.15, -0.1) is 0 Å². The molecule has 0 radical (unpaired) electrons. The lowest BCUT2D eigenvalue weighted by molar-refractivity contribution is -0.143. The monoisotopic (exact) mass is 592 g/mol. The van der Waals surface area contributed by atoms with Gasteiger partial charge in [0, 0.05) is 49.0 Å². The minimum absolute atomic E-state index is 0.118. The molecule has 222 valence electrons. The van der Waals surface area contributed by atoms with E-state index < -0.39 is 59.4 Å². The molecule has 2 unspecified atom stereocenters. The summed E-state index contributed by atoms with van der Waals surface area (Å²) in [5.41, 5.74) is -0.418. The van der Waals surface area contributed by atoms with E-state index in [0.717, 1.165) is 0 Å². The molecule has 0 aliphatic heterocycles. The number of carbonyl (C=O) groups is 2. The second-order valence-corrected chi connectivity index (χ2v) is 9.54. The molecule has 0 fully saturated rings. The van der Waals surface area contributed by atoms with Crippen LogP contribution in [-0.2, 0) is 18.3 Å². The highest BCUT2D eigenvalue weighted by Crippen LogP contribution is 2.28. The molecular formula is C27H25F5N6O4. The summed E-state index contributed by atoms with van der Waals surface area (Å²) in [6.07, 6.45) is -0.983. The summed E-state index contributed by atoms with van der Waals surface area (Å²) in [5.74, 6) is -5.91. The van der Waals surface area contributed by atoms with Crippen molar-refractivity contribution in [3.8, 4) is 11.3 Å². The van der Waals surface area contributed by atoms with Gasteiger partial charge in [0.2, 0.25) is 0 Å². The third-order valence-electron chi connectivity index (χ3n) is 6.51. The number of aromatic nitrogens is 4. The van der Waals surface area contributed by atoms with Crippen molar-refractivity contribution in [3.05, 3.63) is 81.8 Å². The maximum atomic E-state index is 14.7. The van der Waals surface area contributed by atoms with Crippen LogP contribution in [0.25, 0.3) is 16.9 Å². The molecule has 4 aromatic rings. The summed E-state index contributed by atoms with van der Waals surface area (Å²) in [6.45, 7) is 2.94. The Bertz CT molecular complexity index is 1710. The van der Waals surface area contributed by atoms with Crippen LogP contribution in [0, 0.1) is 18.6 Å². The first-order chi connectivity index (χ1) is 19.7. The summed E-state index contributed by atoms with van der Waals surface area (Å²) >= 11 is 0. The standard InChI is InChI=1S/C27H25F5N6O4/c1-4-20(27(30,31)32)35-14-9-17(28)21(18(29)10-14)24(39)36-19(26(41)42)11-15-5-6-16(23-33-7-8-38(15)23)22-25(40)37(3)12-13(2)34-22/h5-10,12,19-20,35H,4,11H2,1-3H3,(H,36,39)(H,41,42). The SMILES string of the molecule is CCC(Nc1cc(F)c(C(=O)NC(Cc2ccc(-c3nc(C)cn(C)c3=O)c3nccn23)C(=O)O)c(F)c1)C(F)(F)F. The zero-order chi connectivity index (χ0) is 30.9. The van der Waals surface area contributed by atoms with Crippen molar-refractivity contribution in [2.24, 2.45) is 7.05 Å². The van der Waals surface area contributed by atoms with Gasteiger partial charge in [0.15, 0.2) is 0 Å². The van der Waals surface area contributed by atoms with Crippen LogP contribution in [0.3, 0.4) is 0 Å². The van der Waals surface area contributed by atoms with Gasteiger partial charge in [0.25, 0.3) is 11.5 Å². The Hall–Kier alpha value is -4.82. The Balaban J connectivity index is 1.61. The minimum Gasteiger partial charge on any atom is -0.480 e. The molecule has 0 aliphatic carbocycles. The van der Waals surface area contributed by atoms with Gasteiger partial charge in [-0.1, -0.05) is 6.92 Å². The van der Waals surface area contributed by atoms with E-state index in [1.54, 1.807) is 20.2 Å². The molecule has 3 aromatic heterocycles. The summed E-state index contributed by atoms with van der Waals surface area (Å²) in [7, 11) is 1.57. The zero-order valence-electron chi connectivity index (χ0n) is 22.5. The molecule has 3 heterocycles. The molecule has 3 N–H and O–H groups in total. The van der Waals surface area contributed by atoms with Crippen molar-refractivity contribution in [3.63, 3.8) is 0 Å². The number of benzene rings is 1. The summed E-state index contributed by atoms with van der Waals surface area (Å²) in [5, 5.41) is 13.8. The lowest BCUT2D eigenvalue weighted by Gasteiger charge is -2.22. The lowest BCUT2D eigenvalue weighted by Crippen LogP contribution is -2.43. The Morgan fingerprint density at radius 2 is 1.81 bits per heavy atom. The van der Waals surface area contributed by atoms with E-state index in [0.29, 0.717) is 29.1 Å². The Kier molecular flexibility index (Phi) is 8.31. The number of hydrogen-bond acceptors (Lipinski definition) is 6. The summed E-state index contributed by atoms with van der Waals surface area (Å²) < 4.78 is 71.5. The maximum Gasteiger partial charge on any atom is 0.408 e. The summed E-state index contributed by atoms with van der Waals surface area (Å²) in [4.78, 5) is 46.1. The number of aryl methyl sites for hydroxylation is 2. The molecule has 0 spiro atoms. The number of imidazole rings is 1. The number of nitrogens with one attached hydrogen (secondary N) is 2. The fourth-order valence-electron chi connectivity index (χ4n) is 4.48. The van der Waals surface area contributed by atoms with Gasteiger partial charge < -0.3 is 24.7 Å². The predicted molar refractivity (Wildman–Crippen MR) is 141 cm³/mol. The van der Waals surface area contributed by atoms with Crippen LogP contribution >= 0.6 is 0 Å². The molecule has 1 amide bonds. The van der Waals surface area contributed by atoms with E-state index in [2.05, 4.69) is 15.3 Å². The highest BCUT2D eigenvalue weighted by atomic mass is 19.4. The van der Waals surface area contributed by atoms with Crippen LogP contribution in [-0.4, -0.2) is 54.2 Å². The molecule has 0 saturated heterocycles. The van der Waals surface area contributed by atoms with Gasteiger partial charge in [0.05, 0.1) is 5.69 Å². The maximum absolute atomic E-state index is 14.7. The second kappa shape index (κ2) is 11.6. The highest BCUT2D eigenvalue weighted by Gasteiger charge is 2.38. The van der Waals surface area contributed by atoms with Gasteiger partial charge in [-0.05, 0) is 37.6 Å². The van der Waals surface area contributed by atoms with E-state index in [-0.39, 0.29) is 23.3 Å². The molecule has 4 rings (SSSR count). The van der Waals surface area contributed by atoms with Gasteiger partial charge >= 0.3 is 12.1 Å². The molecule has 1 aromatic carbocycles. The molecule has 0 bridgehead atoms. The number of carbonyl (C=O) groups excluding carboxylic acids is 1. The normalized spacial score (nSPS) is 13.1. The molecule has 0 saturated carbocycles. The molecule has 42 heavy (non-hydrogen) atoms. The van der Waals surface area contributed by atoms with Gasteiger partial charge in [-0.25, -0.2) is 23.5 Å². The number of alkyl halides is 3. The number of anilines is 1. The van der Waals surface area contributed by atoms with Crippen molar-refractivity contribution in [2.45, 2.75) is 44.9 Å². The highest BCUT2D eigenvalue weighted by molar-refractivity contribution is 5.97. The van der Waals surface area contributed by atoms with Crippen LogP contribution in [0.4, 0.5) is 27.6 Å². The number of aliphatic carboxylic acids is 1. The third-order valence-corrected chi connectivity index (χ3v) is 6.51. The van der Waals surface area contributed by atoms with Crippen molar-refractivity contribution >= 4 is 23.2 Å². The minimum atomic E-state index is -4.68. The first kappa shape index (κ1) is 30.1. The largest absolute Gasteiger partial charge is 0.480 e. The number of carboxylic acid groups (broad SMARTS) is 1. The molecule has 2 atom stereocenters. The fourth-order valence-corrected chi connectivity index (χ4v) is 4.48. The Labute approximate surface area is 234 Å². The number of rotatable bonds is 9. The zero-order valence-corrected chi connectivity index (χ0v) is 22.5. The number of halogens is 5. The topological polar surface area (TPSA) is 131 Å². The first-order valence-corrected chi connectivity index (χ1v) is 12.6. The second-order valence-electron chi connectivity index (χ2n) is 9.54. The van der Waals surface area contributed by atoms with Crippen LogP contribution < -0.4 is 16.2 Å². The number of pyridine rings is 1. The van der Waals surface area contributed by atoms with E-state index in [1.807, 2.05) is 5.32 Å². The van der Waals surface area contributed by atoms with Crippen molar-refractivity contribution in [1.29, 1.82) is 0 Å². The van der Waals surface area contributed by atoms with Crippen molar-refractivity contribution < 1.29 is 36.6 Å². The summed E-state index contributed by atoms with van der Waals surface area (Å²) in [6, 6.07) is 0.326. The Morgan fingerprint density at radius 1 is 1.14 bits per heavy atom. The van der Waals surface area contributed by atoms with Crippen LogP contribution in [0.2, 0.25) is 0 Å². The number of carboxylic acids is 1. The predicted octanol–water partition coefficient (Wildman–Crippen LogP) is 3.86. The van der Waals surface area contributed by atoms with E-state index in [4.69, 9.17) is 0 Å². The molecular weight excluding hydrogens is 567 g/mol. The van der Waals surface area contributed by atoms with Gasteiger partial charge in [-0.2, -0.15) is 13.2 Å². The number of fused-ring (bicyclic) bond motifs is 1. The molecule has 15 heteroatoms. The fraction of sp³-hybridized carbons (Fsp3) is 0.296. The number of amides is 1. The van der Waals surface area contributed by atoms with Gasteiger partial charge in [-0.3, -0.25) is 9.59 Å². The average Bonchev–Trinajstić information content (AvgIpc) is 3.38. The first-order valence-electron chi connectivity index (χ1n) is 12.6. The molecule has 0 aliphatic rings. The van der Waals surface area contributed by atoms with E-state index >= 15 is 0 Å². The number of nitrogens with zero attached hydrogens (tertiary/aromatic N) is 4. The van der Waals surface area contributed by atoms with E-state index in [1.165, 1.54) is 40.4 Å². The molecule has 10 nitrogen and oxygen atoms in total. The lowest BCUT2D eigenvalue weighted by atomic mass is 10.1. The smallest absolute Gasteiger partial charge is 0.408 e. The van der Waals surface area contributed by atoms with Crippen LogP contribution in [0.1, 0.15) is 35.1 Å². The average molecular weight is 593 g/mol. The third kappa shape index (κ3) is 6.09. The van der Waals surface area contributed by atoms with Crippen LogP contribution in [0.15, 0.2) is 47.7 Å². The number of hydrogen-bond donors (Lipinski definition) is 3. The van der Waals surface area contributed by atoms with Gasteiger partial charge in [0.1, 0.15) is 40.6 Å². The van der Waals surface area contributed by atoms with Crippen molar-refractivity contribution in [1.82, 2.24) is 24.3 Å². The quantitative estimate of drug-likeness (QED) is 0.252.